The summed E-state index contributed by atoms with van der Waals surface area (Å²) in [4.78, 5) is 37.0. The van der Waals surface area contributed by atoms with E-state index < -0.39 is 23.7 Å². The number of amidine groups is 1. The second-order valence-electron chi connectivity index (χ2n) is 5.41. The van der Waals surface area contributed by atoms with Crippen LogP contribution in [0.15, 0.2) is 40.7 Å². The number of hydrogen-bond donors (Lipinski definition) is 4. The van der Waals surface area contributed by atoms with Crippen LogP contribution in [-0.4, -0.2) is 51.1 Å². The maximum atomic E-state index is 11.9. The summed E-state index contributed by atoms with van der Waals surface area (Å²) in [6.45, 7) is -0.478. The normalized spacial score (nSPS) is 18.5. The molecule has 2 heterocycles. The zero-order valence-electron chi connectivity index (χ0n) is 13.4. The highest BCUT2D eigenvalue weighted by atomic mass is 32.2. The molecular weight excluding hydrogens is 358 g/mol. The third kappa shape index (κ3) is 4.28. The number of thioether (sulfide) groups is 1. The van der Waals surface area contributed by atoms with Gasteiger partial charge in [-0.1, -0.05) is 30.0 Å². The molecule has 2 amide bonds. The first-order chi connectivity index (χ1) is 12.5. The number of H-pyrrole nitrogens is 1. The molecular formula is C16H15N5O4S. The minimum absolute atomic E-state index is 0.130. The van der Waals surface area contributed by atoms with Crippen LogP contribution in [0.3, 0.4) is 0 Å². The number of rotatable bonds is 6. The van der Waals surface area contributed by atoms with Crippen LogP contribution in [0.5, 0.6) is 0 Å². The highest BCUT2D eigenvalue weighted by Gasteiger charge is 2.32. The Labute approximate surface area is 151 Å². The molecule has 9 nitrogen and oxygen atoms in total. The van der Waals surface area contributed by atoms with Gasteiger partial charge < -0.3 is 20.7 Å². The van der Waals surface area contributed by atoms with Crippen molar-refractivity contribution in [2.24, 2.45) is 10.2 Å². The lowest BCUT2D eigenvalue weighted by Gasteiger charge is -2.04. The molecule has 0 spiro atoms. The maximum Gasteiger partial charge on any atom is 0.322 e. The van der Waals surface area contributed by atoms with E-state index in [1.165, 1.54) is 0 Å². The van der Waals surface area contributed by atoms with Crippen LogP contribution >= 0.6 is 11.8 Å². The number of aromatic nitrogens is 1. The number of hydrogen-bond acceptors (Lipinski definition) is 6. The second kappa shape index (κ2) is 7.83. The number of fused-ring (bicyclic) bond motifs is 1. The molecule has 0 bridgehead atoms. The zero-order chi connectivity index (χ0) is 18.5. The van der Waals surface area contributed by atoms with Crippen molar-refractivity contribution < 1.29 is 19.5 Å². The number of carboxylic acids is 1. The monoisotopic (exact) mass is 373 g/mol. The topological polar surface area (TPSA) is 136 Å². The summed E-state index contributed by atoms with van der Waals surface area (Å²) in [7, 11) is 0. The number of nitrogens with zero attached hydrogens (tertiary/aromatic N) is 2. The molecule has 10 heteroatoms. The van der Waals surface area contributed by atoms with E-state index in [-0.39, 0.29) is 12.3 Å². The Morgan fingerprint density at radius 3 is 2.96 bits per heavy atom. The summed E-state index contributed by atoms with van der Waals surface area (Å²) in [5, 5.41) is 21.9. The van der Waals surface area contributed by atoms with Crippen molar-refractivity contribution in [1.29, 1.82) is 0 Å². The van der Waals surface area contributed by atoms with Gasteiger partial charge in [-0.15, -0.1) is 5.10 Å². The predicted octanol–water partition coefficient (Wildman–Crippen LogP) is 0.680. The van der Waals surface area contributed by atoms with Crippen molar-refractivity contribution in [3.63, 3.8) is 0 Å². The Bertz CT molecular complexity index is 920. The van der Waals surface area contributed by atoms with Crippen LogP contribution < -0.4 is 10.6 Å². The third-order valence-corrected chi connectivity index (χ3v) is 4.62. The number of amides is 2. The molecule has 1 saturated heterocycles. The lowest BCUT2D eigenvalue weighted by atomic mass is 10.2. The average molecular weight is 373 g/mol. The van der Waals surface area contributed by atoms with Crippen molar-refractivity contribution >= 4 is 51.8 Å². The zero-order valence-corrected chi connectivity index (χ0v) is 14.2. The Morgan fingerprint density at radius 1 is 1.35 bits per heavy atom. The number of para-hydroxylation sites is 1. The molecule has 0 saturated carbocycles. The van der Waals surface area contributed by atoms with Gasteiger partial charge >= 0.3 is 5.97 Å². The molecule has 1 atom stereocenters. The van der Waals surface area contributed by atoms with E-state index in [2.05, 4.69) is 25.8 Å². The SMILES string of the molecule is O=C(O)CNC(=O)C[C@@H]1S/C(=N/N=C/c2c[nH]c3ccccc23)NC1=O. The summed E-state index contributed by atoms with van der Waals surface area (Å²) < 4.78 is 0. The molecule has 0 aliphatic carbocycles. The van der Waals surface area contributed by atoms with Crippen molar-refractivity contribution in [2.75, 3.05) is 6.54 Å². The molecule has 2 aromatic rings. The Balaban J connectivity index is 1.59. The largest absolute Gasteiger partial charge is 0.480 e. The minimum Gasteiger partial charge on any atom is -0.480 e. The number of aromatic amines is 1. The third-order valence-electron chi connectivity index (χ3n) is 3.55. The summed E-state index contributed by atoms with van der Waals surface area (Å²) in [6.07, 6.45) is 3.25. The molecule has 1 aliphatic rings. The van der Waals surface area contributed by atoms with Gasteiger partial charge in [0.25, 0.3) is 0 Å². The molecule has 0 radical (unpaired) electrons. The van der Waals surface area contributed by atoms with Gasteiger partial charge in [0.05, 0.1) is 6.21 Å². The highest BCUT2D eigenvalue weighted by Crippen LogP contribution is 2.22. The minimum atomic E-state index is -1.14. The van der Waals surface area contributed by atoms with Crippen molar-refractivity contribution in [1.82, 2.24) is 15.6 Å². The van der Waals surface area contributed by atoms with E-state index in [9.17, 15) is 14.4 Å². The smallest absolute Gasteiger partial charge is 0.322 e. The molecule has 1 fully saturated rings. The molecule has 1 aliphatic heterocycles. The summed E-state index contributed by atoms with van der Waals surface area (Å²) in [6, 6.07) is 7.76. The quantitative estimate of drug-likeness (QED) is 0.436. The van der Waals surface area contributed by atoms with Crippen LogP contribution in [-0.2, 0) is 14.4 Å². The maximum absolute atomic E-state index is 11.9. The summed E-state index contributed by atoms with van der Waals surface area (Å²) in [5.41, 5.74) is 1.85. The fourth-order valence-electron chi connectivity index (χ4n) is 2.35. The number of carbonyl (C=O) groups is 3. The number of nitrogens with one attached hydrogen (secondary N) is 3. The molecule has 26 heavy (non-hydrogen) atoms. The number of carbonyl (C=O) groups excluding carboxylic acids is 2. The van der Waals surface area contributed by atoms with E-state index in [0.717, 1.165) is 28.2 Å². The first-order valence-corrected chi connectivity index (χ1v) is 8.54. The van der Waals surface area contributed by atoms with Gasteiger partial charge in [0.2, 0.25) is 11.8 Å². The lowest BCUT2D eigenvalue weighted by molar-refractivity contribution is -0.137. The van der Waals surface area contributed by atoms with Crippen LogP contribution in [0.25, 0.3) is 10.9 Å². The standard InChI is InChI=1S/C16H15N5O4S/c22-13(18-8-14(23)24)5-12-15(25)20-16(26-12)21-19-7-9-6-17-11-4-2-1-3-10(9)11/h1-4,6-7,12,17H,5,8H2,(H,18,22)(H,23,24)(H,20,21,25)/b19-7+/t12-/m0/s1. The van der Waals surface area contributed by atoms with E-state index in [0.29, 0.717) is 5.17 Å². The van der Waals surface area contributed by atoms with E-state index in [4.69, 9.17) is 5.11 Å². The first kappa shape index (κ1) is 17.7. The van der Waals surface area contributed by atoms with Crippen LogP contribution in [0.4, 0.5) is 0 Å². The summed E-state index contributed by atoms with van der Waals surface area (Å²) >= 11 is 1.08. The Morgan fingerprint density at radius 2 is 2.15 bits per heavy atom. The van der Waals surface area contributed by atoms with Crippen molar-refractivity contribution in [3.05, 3.63) is 36.0 Å². The van der Waals surface area contributed by atoms with Gasteiger partial charge in [-0.25, -0.2) is 0 Å². The first-order valence-electron chi connectivity index (χ1n) is 7.66. The van der Waals surface area contributed by atoms with E-state index >= 15 is 0 Å². The van der Waals surface area contributed by atoms with E-state index in [1.807, 2.05) is 30.5 Å². The molecule has 4 N–H and O–H groups in total. The molecule has 1 aromatic heterocycles. The highest BCUT2D eigenvalue weighted by molar-refractivity contribution is 8.15. The fourth-order valence-corrected chi connectivity index (χ4v) is 3.27. The van der Waals surface area contributed by atoms with Crippen molar-refractivity contribution in [3.8, 4) is 0 Å². The number of carboxylic acid groups (broad SMARTS) is 1. The van der Waals surface area contributed by atoms with Gasteiger partial charge in [0, 0.05) is 29.1 Å². The van der Waals surface area contributed by atoms with Gasteiger partial charge in [0.15, 0.2) is 5.17 Å². The molecule has 134 valence electrons. The molecule has 1 aromatic carbocycles. The van der Waals surface area contributed by atoms with Crippen LogP contribution in [0, 0.1) is 0 Å². The summed E-state index contributed by atoms with van der Waals surface area (Å²) in [5.74, 6) is -2.01. The second-order valence-corrected chi connectivity index (χ2v) is 6.60. The number of aliphatic carboxylic acids is 1. The van der Waals surface area contributed by atoms with Crippen molar-refractivity contribution in [2.45, 2.75) is 11.7 Å². The van der Waals surface area contributed by atoms with Gasteiger partial charge in [-0.05, 0) is 6.07 Å². The molecule has 0 unspecified atom stereocenters. The average Bonchev–Trinajstić information content (AvgIpc) is 3.17. The van der Waals surface area contributed by atoms with Crippen LogP contribution in [0.1, 0.15) is 12.0 Å². The van der Waals surface area contributed by atoms with Gasteiger partial charge in [-0.2, -0.15) is 5.10 Å². The van der Waals surface area contributed by atoms with Gasteiger partial charge in [0.1, 0.15) is 11.8 Å². The lowest BCUT2D eigenvalue weighted by Crippen LogP contribution is -2.33. The predicted molar refractivity (Wildman–Crippen MR) is 98.1 cm³/mol. The number of benzene rings is 1. The Hall–Kier alpha value is -3.14. The van der Waals surface area contributed by atoms with Crippen LogP contribution in [0.2, 0.25) is 0 Å². The molecule has 3 rings (SSSR count). The van der Waals surface area contributed by atoms with E-state index in [1.54, 1.807) is 6.21 Å². The van der Waals surface area contributed by atoms with Gasteiger partial charge in [-0.3, -0.25) is 14.4 Å². The fraction of sp³-hybridized carbons (Fsp3) is 0.188. The Kier molecular flexibility index (Phi) is 5.32.